The molecule has 0 aliphatic rings. The maximum atomic E-state index is 11.9. The average Bonchev–Trinajstić information content (AvgIpc) is 2.16. The molecule has 0 aliphatic carbocycles. The number of rotatable bonds is 8. The monoisotopic (exact) mass is 262 g/mol. The lowest BCUT2D eigenvalue weighted by molar-refractivity contribution is -0.133. The fourth-order valence-corrected chi connectivity index (χ4v) is 2.29. The van der Waals surface area contributed by atoms with Crippen LogP contribution in [0.2, 0.25) is 0 Å². The summed E-state index contributed by atoms with van der Waals surface area (Å²) in [5.74, 6) is -0.663. The van der Waals surface area contributed by atoms with Gasteiger partial charge in [-0.2, -0.15) is 0 Å². The average molecular weight is 262 g/mol. The van der Waals surface area contributed by atoms with Gasteiger partial charge in [0.2, 0.25) is 5.91 Å². The summed E-state index contributed by atoms with van der Waals surface area (Å²) < 4.78 is 0. The van der Waals surface area contributed by atoms with Gasteiger partial charge in [0, 0.05) is 19.1 Å². The Bertz CT molecular complexity index is 259. The molecule has 100 valence electrons. The summed E-state index contributed by atoms with van der Waals surface area (Å²) in [5, 5.41) is 8.50. The molecule has 0 aromatic rings. The highest BCUT2D eigenvalue weighted by molar-refractivity contribution is 8.00. The van der Waals surface area contributed by atoms with E-state index in [9.17, 15) is 9.59 Å². The van der Waals surface area contributed by atoms with Crippen molar-refractivity contribution in [2.75, 3.05) is 38.7 Å². The molecular formula is C11H22N2O3S. The van der Waals surface area contributed by atoms with Crippen LogP contribution in [0.3, 0.4) is 0 Å². The highest BCUT2D eigenvalue weighted by Gasteiger charge is 2.18. The van der Waals surface area contributed by atoms with Crippen molar-refractivity contribution in [2.24, 2.45) is 0 Å². The lowest BCUT2D eigenvalue weighted by atomic mass is 10.2. The fraction of sp³-hybridized carbons (Fsp3) is 0.818. The van der Waals surface area contributed by atoms with Crippen LogP contribution in [0, 0.1) is 0 Å². The highest BCUT2D eigenvalue weighted by Crippen LogP contribution is 2.06. The standard InChI is InChI=1S/C11H22N2O3S/c1-5-13(9(2)6-12(3)4)10(14)7-17-8-11(15)16/h9H,5-8H2,1-4H3,(H,15,16). The van der Waals surface area contributed by atoms with Crippen LogP contribution in [0.15, 0.2) is 0 Å². The van der Waals surface area contributed by atoms with Gasteiger partial charge >= 0.3 is 5.97 Å². The minimum Gasteiger partial charge on any atom is -0.481 e. The van der Waals surface area contributed by atoms with Crippen LogP contribution in [-0.2, 0) is 9.59 Å². The maximum absolute atomic E-state index is 11.9. The first-order chi connectivity index (χ1) is 7.88. The summed E-state index contributed by atoms with van der Waals surface area (Å²) in [7, 11) is 3.93. The van der Waals surface area contributed by atoms with Crippen molar-refractivity contribution in [1.82, 2.24) is 9.80 Å². The number of amides is 1. The maximum Gasteiger partial charge on any atom is 0.313 e. The molecule has 0 spiro atoms. The third-order valence-corrected chi connectivity index (χ3v) is 3.18. The van der Waals surface area contributed by atoms with Crippen molar-refractivity contribution >= 4 is 23.6 Å². The second kappa shape index (κ2) is 8.36. The van der Waals surface area contributed by atoms with Gasteiger partial charge in [0.25, 0.3) is 0 Å². The molecule has 1 N–H and O–H groups in total. The van der Waals surface area contributed by atoms with Crippen molar-refractivity contribution in [3.8, 4) is 0 Å². The quantitative estimate of drug-likeness (QED) is 0.694. The zero-order valence-electron chi connectivity index (χ0n) is 11.0. The molecule has 0 saturated carbocycles. The van der Waals surface area contributed by atoms with E-state index in [2.05, 4.69) is 0 Å². The topological polar surface area (TPSA) is 60.9 Å². The molecule has 0 aromatic heterocycles. The van der Waals surface area contributed by atoms with Crippen molar-refractivity contribution in [1.29, 1.82) is 0 Å². The van der Waals surface area contributed by atoms with E-state index in [1.807, 2.05) is 32.8 Å². The molecule has 0 heterocycles. The SMILES string of the molecule is CCN(C(=O)CSCC(=O)O)C(C)CN(C)C. The number of carboxylic acids is 1. The van der Waals surface area contributed by atoms with Crippen molar-refractivity contribution in [3.63, 3.8) is 0 Å². The Morgan fingerprint density at radius 1 is 1.29 bits per heavy atom. The third-order valence-electron chi connectivity index (χ3n) is 2.27. The van der Waals surface area contributed by atoms with E-state index in [1.165, 1.54) is 0 Å². The first-order valence-corrected chi connectivity index (χ1v) is 6.77. The molecule has 0 saturated heterocycles. The number of nitrogens with zero attached hydrogens (tertiary/aromatic N) is 2. The summed E-state index contributed by atoms with van der Waals surface area (Å²) in [5.41, 5.74) is 0. The largest absolute Gasteiger partial charge is 0.481 e. The van der Waals surface area contributed by atoms with Crippen molar-refractivity contribution in [3.05, 3.63) is 0 Å². The van der Waals surface area contributed by atoms with Gasteiger partial charge in [0.15, 0.2) is 0 Å². The number of aliphatic carboxylic acids is 1. The van der Waals surface area contributed by atoms with Gasteiger partial charge in [-0.15, -0.1) is 11.8 Å². The van der Waals surface area contributed by atoms with E-state index >= 15 is 0 Å². The Labute approximate surface area is 107 Å². The second-order valence-corrected chi connectivity index (χ2v) is 5.16. The fourth-order valence-electron chi connectivity index (χ4n) is 1.67. The minimum absolute atomic E-state index is 0.00750. The van der Waals surface area contributed by atoms with Gasteiger partial charge in [-0.25, -0.2) is 0 Å². The van der Waals surface area contributed by atoms with Crippen LogP contribution in [0.1, 0.15) is 13.8 Å². The molecule has 0 radical (unpaired) electrons. The van der Waals surface area contributed by atoms with E-state index in [0.717, 1.165) is 18.3 Å². The number of thioether (sulfide) groups is 1. The molecule has 0 aliphatic heterocycles. The summed E-state index contributed by atoms with van der Waals surface area (Å²) in [6.07, 6.45) is 0. The third kappa shape index (κ3) is 7.23. The number of hydrogen-bond donors (Lipinski definition) is 1. The van der Waals surface area contributed by atoms with Crippen molar-refractivity contribution < 1.29 is 14.7 Å². The second-order valence-electron chi connectivity index (χ2n) is 4.18. The van der Waals surface area contributed by atoms with E-state index in [-0.39, 0.29) is 23.5 Å². The Morgan fingerprint density at radius 3 is 2.29 bits per heavy atom. The predicted molar refractivity (Wildman–Crippen MR) is 70.4 cm³/mol. The molecule has 6 heteroatoms. The molecule has 0 fully saturated rings. The Hall–Kier alpha value is -0.750. The van der Waals surface area contributed by atoms with Crippen LogP contribution in [-0.4, -0.2) is 71.5 Å². The molecule has 0 bridgehead atoms. The van der Waals surface area contributed by atoms with Crippen LogP contribution in [0.5, 0.6) is 0 Å². The number of carbonyl (C=O) groups is 2. The number of carbonyl (C=O) groups excluding carboxylic acids is 1. The normalized spacial score (nSPS) is 12.5. The molecule has 1 atom stereocenters. The highest BCUT2D eigenvalue weighted by atomic mass is 32.2. The van der Waals surface area contributed by atoms with Crippen molar-refractivity contribution in [2.45, 2.75) is 19.9 Å². The van der Waals surface area contributed by atoms with E-state index in [4.69, 9.17) is 5.11 Å². The summed E-state index contributed by atoms with van der Waals surface area (Å²) >= 11 is 1.15. The lowest BCUT2D eigenvalue weighted by Crippen LogP contribution is -2.44. The van der Waals surface area contributed by atoms with Crippen LogP contribution >= 0.6 is 11.8 Å². The van der Waals surface area contributed by atoms with E-state index < -0.39 is 5.97 Å². The van der Waals surface area contributed by atoms with Crippen LogP contribution in [0.4, 0.5) is 0 Å². The number of carboxylic acid groups (broad SMARTS) is 1. The lowest BCUT2D eigenvalue weighted by Gasteiger charge is -2.30. The van der Waals surface area contributed by atoms with Gasteiger partial charge in [0.05, 0.1) is 11.5 Å². The molecule has 0 rings (SSSR count). The molecule has 0 aromatic carbocycles. The predicted octanol–water partition coefficient (Wildman–Crippen LogP) is 0.603. The molecule has 1 amide bonds. The zero-order chi connectivity index (χ0) is 13.4. The summed E-state index contributed by atoms with van der Waals surface area (Å²) in [6.45, 7) is 5.40. The molecule has 17 heavy (non-hydrogen) atoms. The molecule has 5 nitrogen and oxygen atoms in total. The zero-order valence-corrected chi connectivity index (χ0v) is 11.8. The van der Waals surface area contributed by atoms with Gasteiger partial charge in [-0.1, -0.05) is 0 Å². The molecular weight excluding hydrogens is 240 g/mol. The Morgan fingerprint density at radius 2 is 1.88 bits per heavy atom. The Kier molecular flexibility index (Phi) is 7.99. The Balaban J connectivity index is 4.15. The number of likely N-dealkylation sites (N-methyl/N-ethyl adjacent to an activating group) is 2. The van der Waals surface area contributed by atoms with Gasteiger partial charge in [-0.05, 0) is 27.9 Å². The van der Waals surface area contributed by atoms with Gasteiger partial charge < -0.3 is 14.9 Å². The summed E-state index contributed by atoms with van der Waals surface area (Å²) in [6, 6.07) is 0.146. The first-order valence-electron chi connectivity index (χ1n) is 5.62. The van der Waals surface area contributed by atoms with Gasteiger partial charge in [0.1, 0.15) is 0 Å². The van der Waals surface area contributed by atoms with E-state index in [0.29, 0.717) is 6.54 Å². The smallest absolute Gasteiger partial charge is 0.313 e. The van der Waals surface area contributed by atoms with E-state index in [1.54, 1.807) is 4.90 Å². The number of hydrogen-bond acceptors (Lipinski definition) is 4. The van der Waals surface area contributed by atoms with Crippen LogP contribution in [0.25, 0.3) is 0 Å². The first kappa shape index (κ1) is 16.2. The minimum atomic E-state index is -0.882. The summed E-state index contributed by atoms with van der Waals surface area (Å²) in [4.78, 5) is 26.0. The van der Waals surface area contributed by atoms with Gasteiger partial charge in [-0.3, -0.25) is 9.59 Å². The molecule has 1 unspecified atom stereocenters. The van der Waals surface area contributed by atoms with Crippen LogP contribution < -0.4 is 0 Å².